The molecule has 2 rings (SSSR count). The second-order valence-corrected chi connectivity index (χ2v) is 6.96. The van der Waals surface area contributed by atoms with Gasteiger partial charge in [0.05, 0.1) is 11.2 Å². The van der Waals surface area contributed by atoms with Crippen LogP contribution in [0.4, 0.5) is 0 Å². The van der Waals surface area contributed by atoms with Crippen LogP contribution < -0.4 is 0 Å². The summed E-state index contributed by atoms with van der Waals surface area (Å²) in [6, 6.07) is 0. The van der Waals surface area contributed by atoms with Crippen molar-refractivity contribution < 1.29 is 10.2 Å². The van der Waals surface area contributed by atoms with Crippen LogP contribution >= 0.6 is 0 Å². The lowest BCUT2D eigenvalue weighted by Crippen LogP contribution is -2.59. The summed E-state index contributed by atoms with van der Waals surface area (Å²) in [5.74, 6) is 0.561. The first kappa shape index (κ1) is 14.3. The Balaban J connectivity index is 2.09. The van der Waals surface area contributed by atoms with Crippen LogP contribution in [0, 0.1) is 11.8 Å². The molecular formula is C16H30O2. The van der Waals surface area contributed by atoms with Gasteiger partial charge in [0.15, 0.2) is 0 Å². The normalized spacial score (nSPS) is 30.7. The number of hydrogen-bond donors (Lipinski definition) is 2. The van der Waals surface area contributed by atoms with Crippen molar-refractivity contribution >= 4 is 0 Å². The van der Waals surface area contributed by atoms with Crippen LogP contribution in [0.25, 0.3) is 0 Å². The maximum atomic E-state index is 11.0. The van der Waals surface area contributed by atoms with E-state index in [1.807, 2.05) is 13.8 Å². The topological polar surface area (TPSA) is 40.5 Å². The van der Waals surface area contributed by atoms with Crippen molar-refractivity contribution in [2.45, 2.75) is 89.3 Å². The summed E-state index contributed by atoms with van der Waals surface area (Å²) in [6.07, 6.45) is 11.7. The predicted octanol–water partition coefficient (Wildman–Crippen LogP) is 3.65. The van der Waals surface area contributed by atoms with Gasteiger partial charge in [0.25, 0.3) is 0 Å². The van der Waals surface area contributed by atoms with Crippen molar-refractivity contribution in [2.75, 3.05) is 0 Å². The Labute approximate surface area is 112 Å². The summed E-state index contributed by atoms with van der Waals surface area (Å²) in [5.41, 5.74) is -1.84. The third-order valence-corrected chi connectivity index (χ3v) is 5.82. The maximum absolute atomic E-state index is 11.0. The van der Waals surface area contributed by atoms with Crippen molar-refractivity contribution in [1.29, 1.82) is 0 Å². The first-order chi connectivity index (χ1) is 8.46. The van der Waals surface area contributed by atoms with Crippen LogP contribution in [0.15, 0.2) is 0 Å². The molecule has 0 heterocycles. The zero-order valence-corrected chi connectivity index (χ0v) is 12.1. The monoisotopic (exact) mass is 254 g/mol. The van der Waals surface area contributed by atoms with E-state index in [0.717, 1.165) is 25.7 Å². The first-order valence-corrected chi connectivity index (χ1v) is 7.91. The van der Waals surface area contributed by atoms with E-state index in [9.17, 15) is 10.2 Å². The van der Waals surface area contributed by atoms with E-state index in [-0.39, 0.29) is 11.8 Å². The zero-order valence-electron chi connectivity index (χ0n) is 12.1. The zero-order chi connectivity index (χ0) is 13.2. The second kappa shape index (κ2) is 5.50. The quantitative estimate of drug-likeness (QED) is 0.807. The fourth-order valence-electron chi connectivity index (χ4n) is 4.16. The van der Waals surface area contributed by atoms with Crippen LogP contribution in [0.2, 0.25) is 0 Å². The smallest absolute Gasteiger partial charge is 0.0933 e. The Morgan fingerprint density at radius 1 is 0.611 bits per heavy atom. The molecule has 0 aromatic rings. The maximum Gasteiger partial charge on any atom is 0.0933 e. The molecule has 2 nitrogen and oxygen atoms in total. The molecule has 0 radical (unpaired) electrons. The van der Waals surface area contributed by atoms with Crippen molar-refractivity contribution in [2.24, 2.45) is 11.8 Å². The average molecular weight is 254 g/mol. The molecule has 0 unspecified atom stereocenters. The molecule has 2 saturated carbocycles. The summed E-state index contributed by atoms with van der Waals surface area (Å²) in [7, 11) is 0. The molecule has 2 atom stereocenters. The fourth-order valence-corrected chi connectivity index (χ4v) is 4.16. The highest BCUT2D eigenvalue weighted by Crippen LogP contribution is 2.45. The minimum absolute atomic E-state index is 0.281. The van der Waals surface area contributed by atoms with E-state index in [1.54, 1.807) is 0 Å². The third-order valence-electron chi connectivity index (χ3n) is 5.82. The Morgan fingerprint density at radius 3 is 1.17 bits per heavy atom. The second-order valence-electron chi connectivity index (χ2n) is 6.96. The van der Waals surface area contributed by atoms with Gasteiger partial charge in [-0.25, -0.2) is 0 Å². The van der Waals surface area contributed by atoms with Crippen LogP contribution in [-0.2, 0) is 0 Å². The molecule has 18 heavy (non-hydrogen) atoms. The molecule has 2 N–H and O–H groups in total. The molecule has 0 saturated heterocycles. The summed E-state index contributed by atoms with van der Waals surface area (Å²) in [4.78, 5) is 0. The van der Waals surface area contributed by atoms with Gasteiger partial charge in [-0.15, -0.1) is 0 Å². The van der Waals surface area contributed by atoms with Gasteiger partial charge in [0.2, 0.25) is 0 Å². The van der Waals surface area contributed by atoms with Gasteiger partial charge in [0.1, 0.15) is 0 Å². The molecule has 0 aromatic carbocycles. The standard InChI is InChI=1S/C16H30O2/c1-15(17,13-9-5-3-6-10-13)16(2,18)14-11-7-4-8-12-14/h13-14,17-18H,3-12H2,1-2H3/t15-,16+. The SMILES string of the molecule is C[C@](O)(C1CCCCC1)[C@](C)(O)C1CCCCC1. The summed E-state index contributed by atoms with van der Waals surface area (Å²) >= 11 is 0. The molecule has 2 aliphatic rings. The van der Waals surface area contributed by atoms with Crippen LogP contribution in [0.1, 0.15) is 78.1 Å². The van der Waals surface area contributed by atoms with Crippen molar-refractivity contribution in [3.8, 4) is 0 Å². The third kappa shape index (κ3) is 2.60. The van der Waals surface area contributed by atoms with E-state index in [0.29, 0.717) is 0 Å². The van der Waals surface area contributed by atoms with Gasteiger partial charge in [-0.05, 0) is 51.4 Å². The van der Waals surface area contributed by atoms with Gasteiger partial charge in [-0.3, -0.25) is 0 Å². The average Bonchev–Trinajstić information content (AvgIpc) is 2.40. The molecule has 106 valence electrons. The van der Waals surface area contributed by atoms with Crippen LogP contribution in [0.3, 0.4) is 0 Å². The fraction of sp³-hybridized carbons (Fsp3) is 1.00. The Hall–Kier alpha value is -0.0800. The molecule has 2 heteroatoms. The lowest BCUT2D eigenvalue weighted by Gasteiger charge is -2.50. The lowest BCUT2D eigenvalue weighted by atomic mass is 9.63. The molecule has 0 spiro atoms. The van der Waals surface area contributed by atoms with E-state index in [4.69, 9.17) is 0 Å². The van der Waals surface area contributed by atoms with E-state index < -0.39 is 11.2 Å². The Bertz CT molecular complexity index is 230. The van der Waals surface area contributed by atoms with Crippen molar-refractivity contribution in [3.63, 3.8) is 0 Å². The van der Waals surface area contributed by atoms with Crippen molar-refractivity contribution in [1.82, 2.24) is 0 Å². The Kier molecular flexibility index (Phi) is 4.38. The van der Waals surface area contributed by atoms with Gasteiger partial charge < -0.3 is 10.2 Å². The van der Waals surface area contributed by atoms with Gasteiger partial charge >= 0.3 is 0 Å². The molecule has 2 aliphatic carbocycles. The van der Waals surface area contributed by atoms with E-state index >= 15 is 0 Å². The minimum atomic E-state index is -0.921. The van der Waals surface area contributed by atoms with Gasteiger partial charge in [0, 0.05) is 0 Å². The molecule has 0 bridgehead atoms. The van der Waals surface area contributed by atoms with Crippen LogP contribution in [0.5, 0.6) is 0 Å². The number of aliphatic hydroxyl groups is 2. The van der Waals surface area contributed by atoms with Crippen molar-refractivity contribution in [3.05, 3.63) is 0 Å². The summed E-state index contributed by atoms with van der Waals surface area (Å²) in [6.45, 7) is 3.77. The summed E-state index contributed by atoms with van der Waals surface area (Å²) in [5, 5.41) is 21.9. The van der Waals surface area contributed by atoms with Gasteiger partial charge in [-0.2, -0.15) is 0 Å². The molecular weight excluding hydrogens is 224 g/mol. The Morgan fingerprint density at radius 2 is 0.889 bits per heavy atom. The number of rotatable bonds is 3. The number of hydrogen-bond acceptors (Lipinski definition) is 2. The molecule has 0 aromatic heterocycles. The van der Waals surface area contributed by atoms with Crippen LogP contribution in [-0.4, -0.2) is 21.4 Å². The molecule has 0 amide bonds. The largest absolute Gasteiger partial charge is 0.387 e. The highest BCUT2D eigenvalue weighted by Gasteiger charge is 2.51. The van der Waals surface area contributed by atoms with Gasteiger partial charge in [-0.1, -0.05) is 38.5 Å². The summed E-state index contributed by atoms with van der Waals surface area (Å²) < 4.78 is 0. The highest BCUT2D eigenvalue weighted by molar-refractivity contribution is 5.02. The van der Waals surface area contributed by atoms with E-state index in [1.165, 1.54) is 38.5 Å². The lowest BCUT2D eigenvalue weighted by molar-refractivity contribution is -0.198. The minimum Gasteiger partial charge on any atom is -0.387 e. The van der Waals surface area contributed by atoms with E-state index in [2.05, 4.69) is 0 Å². The first-order valence-electron chi connectivity index (χ1n) is 7.91. The molecule has 0 aliphatic heterocycles. The highest BCUT2D eigenvalue weighted by atomic mass is 16.4. The molecule has 2 fully saturated rings. The predicted molar refractivity (Wildman–Crippen MR) is 74.4 cm³/mol.